The van der Waals surface area contributed by atoms with Gasteiger partial charge in [-0.15, -0.1) is 0 Å². The number of ether oxygens (including phenoxy) is 1. The quantitative estimate of drug-likeness (QED) is 0.238. The van der Waals surface area contributed by atoms with Gasteiger partial charge in [0.2, 0.25) is 0 Å². The van der Waals surface area contributed by atoms with Gasteiger partial charge in [-0.25, -0.2) is 4.79 Å². The molecule has 2 bridgehead atoms. The molecule has 0 aromatic heterocycles. The fraction of sp³-hybridized carbons (Fsp3) is 0.710. The fourth-order valence-electron chi connectivity index (χ4n) is 6.82. The lowest BCUT2D eigenvalue weighted by Crippen LogP contribution is -2.54. The van der Waals surface area contributed by atoms with Crippen molar-refractivity contribution in [1.82, 2.24) is 0 Å². The number of fused-ring (bicyclic) bond motifs is 3. The topological polar surface area (TPSA) is 35.5 Å². The van der Waals surface area contributed by atoms with E-state index in [1.807, 2.05) is 30.3 Å². The highest BCUT2D eigenvalue weighted by Crippen LogP contribution is 2.57. The normalized spacial score (nSPS) is 33.1. The second kappa shape index (κ2) is 9.48. The van der Waals surface area contributed by atoms with Gasteiger partial charge >= 0.3 is 5.97 Å². The lowest BCUT2D eigenvalue weighted by Gasteiger charge is -2.52. The first-order chi connectivity index (χ1) is 16.3. The molecule has 194 valence electrons. The van der Waals surface area contributed by atoms with Crippen molar-refractivity contribution < 1.29 is 14.0 Å². The van der Waals surface area contributed by atoms with E-state index in [9.17, 15) is 4.79 Å². The summed E-state index contributed by atoms with van der Waals surface area (Å²) in [5.74, 6) is 0.729. The summed E-state index contributed by atoms with van der Waals surface area (Å²) < 4.78 is 13.7. The average molecular weight is 497 g/mol. The zero-order valence-electron chi connectivity index (χ0n) is 23.4. The van der Waals surface area contributed by atoms with Crippen molar-refractivity contribution in [2.24, 2.45) is 22.7 Å². The number of carbonyl (C=O) groups is 1. The molecule has 4 heteroatoms. The molecule has 3 nitrogen and oxygen atoms in total. The summed E-state index contributed by atoms with van der Waals surface area (Å²) >= 11 is 0. The van der Waals surface area contributed by atoms with Crippen LogP contribution in [-0.2, 0) is 9.16 Å². The van der Waals surface area contributed by atoms with Gasteiger partial charge in [0.15, 0.2) is 8.32 Å². The van der Waals surface area contributed by atoms with Crippen LogP contribution in [0.4, 0.5) is 0 Å². The summed E-state index contributed by atoms with van der Waals surface area (Å²) in [6.45, 7) is 19.0. The second-order valence-corrected chi connectivity index (χ2v) is 18.6. The molecule has 0 radical (unpaired) electrons. The standard InChI is InChI=1S/C31H48O3Si/c1-29(2,3)35(7,8)34-26-15-12-20-31(6)25(26)19-18-23-16-17-24(30(23,4)5)21-27(31)33-28(32)22-13-10-9-11-14-22/h9-11,13-14,18,24-27H,12,15-17,19-21H2,1-8H3/t24?,25-,26-,27+,31+/m0/s1. The van der Waals surface area contributed by atoms with Crippen LogP contribution in [0.15, 0.2) is 42.0 Å². The first-order valence-electron chi connectivity index (χ1n) is 13.9. The Morgan fingerprint density at radius 1 is 1.06 bits per heavy atom. The predicted molar refractivity (Wildman–Crippen MR) is 147 cm³/mol. The van der Waals surface area contributed by atoms with Crippen LogP contribution in [0.3, 0.4) is 0 Å². The van der Waals surface area contributed by atoms with Crippen LogP contribution in [0.2, 0.25) is 18.1 Å². The highest BCUT2D eigenvalue weighted by atomic mass is 28.4. The van der Waals surface area contributed by atoms with Gasteiger partial charge in [0.05, 0.1) is 5.56 Å². The zero-order valence-corrected chi connectivity index (χ0v) is 24.4. The molecule has 2 saturated carbocycles. The summed E-state index contributed by atoms with van der Waals surface area (Å²) in [7, 11) is -1.92. The minimum absolute atomic E-state index is 0.0899. The van der Waals surface area contributed by atoms with Crippen LogP contribution < -0.4 is 0 Å². The van der Waals surface area contributed by atoms with Crippen LogP contribution in [0.5, 0.6) is 0 Å². The summed E-state index contributed by atoms with van der Waals surface area (Å²) in [6, 6.07) is 9.54. The molecular formula is C31H48O3Si. The van der Waals surface area contributed by atoms with Crippen molar-refractivity contribution in [3.05, 3.63) is 47.5 Å². The third kappa shape index (κ3) is 5.07. The molecule has 4 rings (SSSR count). The summed E-state index contributed by atoms with van der Waals surface area (Å²) in [5, 5.41) is 0.179. The molecule has 2 fully saturated rings. The van der Waals surface area contributed by atoms with Gasteiger partial charge in [-0.3, -0.25) is 0 Å². The summed E-state index contributed by atoms with van der Waals surface area (Å²) in [4.78, 5) is 13.4. The monoisotopic (exact) mass is 496 g/mol. The van der Waals surface area contributed by atoms with Gasteiger partial charge < -0.3 is 9.16 Å². The molecule has 0 saturated heterocycles. The first-order valence-corrected chi connectivity index (χ1v) is 16.8. The van der Waals surface area contributed by atoms with Gasteiger partial charge in [-0.2, -0.15) is 0 Å². The van der Waals surface area contributed by atoms with Crippen molar-refractivity contribution >= 4 is 14.3 Å². The van der Waals surface area contributed by atoms with E-state index in [1.165, 1.54) is 12.8 Å². The highest BCUT2D eigenvalue weighted by Gasteiger charge is 2.54. The highest BCUT2D eigenvalue weighted by molar-refractivity contribution is 6.74. The molecule has 3 aliphatic carbocycles. The number of benzene rings is 1. The lowest BCUT2D eigenvalue weighted by molar-refractivity contribution is -0.0997. The number of hydrogen-bond acceptors (Lipinski definition) is 3. The van der Waals surface area contributed by atoms with Gasteiger partial charge in [0.25, 0.3) is 0 Å². The molecule has 0 aliphatic heterocycles. The van der Waals surface area contributed by atoms with Gasteiger partial charge in [-0.1, -0.05) is 77.8 Å². The molecule has 0 N–H and O–H groups in total. The maximum atomic E-state index is 13.4. The van der Waals surface area contributed by atoms with Crippen LogP contribution in [0, 0.1) is 22.7 Å². The Balaban J connectivity index is 1.72. The van der Waals surface area contributed by atoms with Gasteiger partial charge in [0.1, 0.15) is 6.10 Å². The van der Waals surface area contributed by atoms with Crippen molar-refractivity contribution in [2.45, 2.75) is 117 Å². The van der Waals surface area contributed by atoms with Gasteiger partial charge in [0, 0.05) is 11.5 Å². The van der Waals surface area contributed by atoms with Gasteiger partial charge in [-0.05, 0) is 86.0 Å². The Morgan fingerprint density at radius 3 is 2.40 bits per heavy atom. The fourth-order valence-corrected chi connectivity index (χ4v) is 8.21. The molecule has 0 spiro atoms. The van der Waals surface area contributed by atoms with Crippen LogP contribution in [0.25, 0.3) is 0 Å². The van der Waals surface area contributed by atoms with Crippen LogP contribution in [0.1, 0.15) is 96.8 Å². The maximum absolute atomic E-state index is 13.4. The Labute approximate surface area is 215 Å². The molecule has 1 aromatic carbocycles. The van der Waals surface area contributed by atoms with E-state index in [0.29, 0.717) is 17.4 Å². The third-order valence-corrected chi connectivity index (χ3v) is 15.0. The molecular weight excluding hydrogens is 448 g/mol. The van der Waals surface area contributed by atoms with E-state index < -0.39 is 8.32 Å². The minimum atomic E-state index is -1.92. The molecule has 1 aromatic rings. The average Bonchev–Trinajstić information content (AvgIpc) is 3.06. The molecule has 1 unspecified atom stereocenters. The molecule has 5 atom stereocenters. The Hall–Kier alpha value is -1.39. The summed E-state index contributed by atoms with van der Waals surface area (Å²) in [5.41, 5.74) is 2.34. The van der Waals surface area contributed by atoms with Crippen molar-refractivity contribution in [1.29, 1.82) is 0 Å². The number of hydrogen-bond donors (Lipinski definition) is 0. The smallest absolute Gasteiger partial charge is 0.338 e. The van der Waals surface area contributed by atoms with E-state index in [-0.39, 0.29) is 34.0 Å². The molecule has 0 heterocycles. The van der Waals surface area contributed by atoms with Crippen LogP contribution >= 0.6 is 0 Å². The molecule has 0 amide bonds. The van der Waals surface area contributed by atoms with E-state index in [2.05, 4.69) is 60.7 Å². The number of carbonyl (C=O) groups excluding carboxylic acids is 1. The largest absolute Gasteiger partial charge is 0.458 e. The first kappa shape index (κ1) is 26.7. The second-order valence-electron chi connectivity index (χ2n) is 13.8. The van der Waals surface area contributed by atoms with Crippen molar-refractivity contribution in [2.75, 3.05) is 0 Å². The maximum Gasteiger partial charge on any atom is 0.338 e. The lowest BCUT2D eigenvalue weighted by atomic mass is 9.60. The van der Waals surface area contributed by atoms with Crippen molar-refractivity contribution in [3.63, 3.8) is 0 Å². The van der Waals surface area contributed by atoms with Crippen molar-refractivity contribution in [3.8, 4) is 0 Å². The number of esters is 1. The molecule has 3 aliphatic rings. The van der Waals surface area contributed by atoms with E-state index >= 15 is 0 Å². The summed E-state index contributed by atoms with van der Waals surface area (Å²) in [6.07, 6.45) is 10.4. The number of allylic oxidation sites excluding steroid dienone is 2. The van der Waals surface area contributed by atoms with E-state index in [4.69, 9.17) is 9.16 Å². The Bertz CT molecular complexity index is 942. The SMILES string of the molecule is CC1(C)C2=CC[C@H]3[C@@H](O[Si](C)(C)C(C)(C)C)CCC[C@@]3(C)[C@H](OC(=O)c3ccccc3)CC1CC2. The third-order valence-electron chi connectivity index (χ3n) is 10.5. The Kier molecular flexibility index (Phi) is 7.22. The predicted octanol–water partition coefficient (Wildman–Crippen LogP) is 8.57. The molecule has 35 heavy (non-hydrogen) atoms. The zero-order chi connectivity index (χ0) is 25.6. The minimum Gasteiger partial charge on any atom is -0.458 e. The van der Waals surface area contributed by atoms with E-state index in [0.717, 1.165) is 32.1 Å². The Morgan fingerprint density at radius 2 is 1.74 bits per heavy atom. The van der Waals surface area contributed by atoms with Crippen LogP contribution in [-0.4, -0.2) is 26.5 Å². The number of rotatable bonds is 4. The van der Waals surface area contributed by atoms with E-state index in [1.54, 1.807) is 5.57 Å².